The third-order valence-corrected chi connectivity index (χ3v) is 11.6. The van der Waals surface area contributed by atoms with Gasteiger partial charge in [-0.2, -0.15) is 0 Å². The number of rotatable bonds is 6. The Balaban J connectivity index is 1.16. The number of hydrogen-bond donors (Lipinski definition) is 0. The van der Waals surface area contributed by atoms with Gasteiger partial charge in [-0.15, -0.1) is 0 Å². The van der Waals surface area contributed by atoms with E-state index in [4.69, 9.17) is 15.0 Å². The molecular formula is C53H37BN4. The van der Waals surface area contributed by atoms with E-state index in [1.54, 1.807) is 0 Å². The Morgan fingerprint density at radius 1 is 0.362 bits per heavy atom. The van der Waals surface area contributed by atoms with Crippen LogP contribution in [-0.4, -0.2) is 21.7 Å². The summed E-state index contributed by atoms with van der Waals surface area (Å²) in [6.07, 6.45) is 0. The molecule has 0 aliphatic carbocycles. The Morgan fingerprint density at radius 3 is 1.53 bits per heavy atom. The molecule has 2 aliphatic heterocycles. The molecule has 0 saturated carbocycles. The van der Waals surface area contributed by atoms with Gasteiger partial charge in [0.05, 0.1) is 0 Å². The maximum atomic E-state index is 5.33. The third kappa shape index (κ3) is 5.74. The zero-order valence-electron chi connectivity index (χ0n) is 32.3. The largest absolute Gasteiger partial charge is 0.311 e. The average molecular weight is 741 g/mol. The smallest absolute Gasteiger partial charge is 0.248 e. The molecule has 0 radical (unpaired) electrons. The Morgan fingerprint density at radius 2 is 0.897 bits per heavy atom. The molecule has 3 heterocycles. The molecule has 58 heavy (non-hydrogen) atoms. The van der Waals surface area contributed by atoms with Gasteiger partial charge in [-0.05, 0) is 101 Å². The van der Waals surface area contributed by atoms with Crippen molar-refractivity contribution in [2.75, 3.05) is 4.90 Å². The lowest BCUT2D eigenvalue weighted by Crippen LogP contribution is -2.54. The number of aryl methyl sites for hydroxylation is 2. The molecule has 0 bridgehead atoms. The fraction of sp³-hybridized carbons (Fsp3) is 0.0377. The van der Waals surface area contributed by atoms with Crippen LogP contribution in [0.25, 0.3) is 67.5 Å². The molecule has 2 aliphatic rings. The Labute approximate surface area is 339 Å². The summed E-state index contributed by atoms with van der Waals surface area (Å²) in [5.41, 5.74) is 19.7. The molecule has 0 N–H and O–H groups in total. The van der Waals surface area contributed by atoms with Crippen LogP contribution in [0.1, 0.15) is 11.1 Å². The van der Waals surface area contributed by atoms with Crippen LogP contribution in [0.15, 0.2) is 188 Å². The first-order chi connectivity index (χ1) is 28.6. The van der Waals surface area contributed by atoms with Crippen LogP contribution in [0.5, 0.6) is 0 Å². The average Bonchev–Trinajstić information content (AvgIpc) is 3.62. The Kier molecular flexibility index (Phi) is 8.00. The summed E-state index contributed by atoms with van der Waals surface area (Å²) in [6, 6.07) is 67.3. The molecule has 4 nitrogen and oxygen atoms in total. The second-order valence-electron chi connectivity index (χ2n) is 15.4. The van der Waals surface area contributed by atoms with Gasteiger partial charge < -0.3 is 4.90 Å². The van der Waals surface area contributed by atoms with Crippen molar-refractivity contribution >= 4 is 40.2 Å². The summed E-state index contributed by atoms with van der Waals surface area (Å²) in [5.74, 6) is 1.90. The zero-order chi connectivity index (χ0) is 38.7. The van der Waals surface area contributed by atoms with E-state index in [0.717, 1.165) is 50.3 Å². The number of anilines is 3. The van der Waals surface area contributed by atoms with Crippen LogP contribution < -0.4 is 21.3 Å². The first kappa shape index (κ1) is 33.9. The lowest BCUT2D eigenvalue weighted by atomic mass is 9.37. The van der Waals surface area contributed by atoms with Crippen molar-refractivity contribution in [1.82, 2.24) is 15.0 Å². The van der Waals surface area contributed by atoms with Gasteiger partial charge in [-0.25, -0.2) is 15.0 Å². The molecule has 8 aromatic carbocycles. The van der Waals surface area contributed by atoms with Crippen molar-refractivity contribution < 1.29 is 0 Å². The second kappa shape index (κ2) is 13.7. The molecule has 0 saturated heterocycles. The normalized spacial score (nSPS) is 12.2. The fourth-order valence-electron chi connectivity index (χ4n) is 8.86. The van der Waals surface area contributed by atoms with Crippen molar-refractivity contribution in [3.8, 4) is 67.5 Å². The maximum absolute atomic E-state index is 5.33. The highest BCUT2D eigenvalue weighted by Crippen LogP contribution is 2.43. The SMILES string of the molecule is Cc1ccc(N2c3ccc(C)cc3B3c4ccccc4-c4cc(-c5nc(-c6cccc(-c7ccccc7)c6)nc(-c6cccc(-c7ccccc7)c6)n5)cc2c43)cc1. The molecule has 0 unspecified atom stereocenters. The Hall–Kier alpha value is -7.37. The molecule has 0 amide bonds. The minimum atomic E-state index is 0.123. The van der Waals surface area contributed by atoms with E-state index >= 15 is 0 Å². The van der Waals surface area contributed by atoms with Gasteiger partial charge in [0.2, 0.25) is 6.71 Å². The Bertz CT molecular complexity index is 2930. The number of nitrogens with zero attached hydrogens (tertiary/aromatic N) is 4. The second-order valence-corrected chi connectivity index (χ2v) is 15.4. The summed E-state index contributed by atoms with van der Waals surface area (Å²) < 4.78 is 0. The van der Waals surface area contributed by atoms with Gasteiger partial charge in [-0.3, -0.25) is 0 Å². The predicted molar refractivity (Wildman–Crippen MR) is 241 cm³/mol. The van der Waals surface area contributed by atoms with E-state index in [2.05, 4.69) is 195 Å². The number of hydrogen-bond acceptors (Lipinski definition) is 4. The molecule has 11 rings (SSSR count). The summed E-state index contributed by atoms with van der Waals surface area (Å²) in [7, 11) is 0. The third-order valence-electron chi connectivity index (χ3n) is 11.6. The van der Waals surface area contributed by atoms with Crippen LogP contribution in [0.3, 0.4) is 0 Å². The lowest BCUT2D eigenvalue weighted by Gasteiger charge is -2.36. The van der Waals surface area contributed by atoms with Gasteiger partial charge >= 0.3 is 0 Å². The van der Waals surface area contributed by atoms with Crippen molar-refractivity contribution in [2.24, 2.45) is 0 Å². The van der Waals surface area contributed by atoms with E-state index in [-0.39, 0.29) is 6.71 Å². The predicted octanol–water partition coefficient (Wildman–Crippen LogP) is 11.1. The standard InChI is InChI=1S/C53H37BN4/c1-34-23-26-43(27-24-34)58-48-28-25-35(2)29-47(48)54-46-22-10-9-21-44(46)45-32-42(33-49(58)50(45)54)53-56-51(40-19-11-17-38(30-40)36-13-5-3-6-14-36)55-52(57-53)41-20-12-18-39(31-41)37-15-7-4-8-16-37/h3-33H,1-2H3. The van der Waals surface area contributed by atoms with Crippen molar-refractivity contribution in [1.29, 1.82) is 0 Å². The van der Waals surface area contributed by atoms with Gasteiger partial charge in [0, 0.05) is 33.8 Å². The first-order valence-electron chi connectivity index (χ1n) is 19.9. The van der Waals surface area contributed by atoms with Crippen LogP contribution in [0.4, 0.5) is 17.1 Å². The highest BCUT2D eigenvalue weighted by molar-refractivity contribution is 7.01. The van der Waals surface area contributed by atoms with Crippen LogP contribution in [0, 0.1) is 13.8 Å². The van der Waals surface area contributed by atoms with Gasteiger partial charge in [0.25, 0.3) is 0 Å². The van der Waals surface area contributed by atoms with E-state index in [9.17, 15) is 0 Å². The van der Waals surface area contributed by atoms with Gasteiger partial charge in [0.15, 0.2) is 17.5 Å². The molecule has 0 atom stereocenters. The van der Waals surface area contributed by atoms with E-state index in [0.29, 0.717) is 17.5 Å². The maximum Gasteiger partial charge on any atom is 0.248 e. The monoisotopic (exact) mass is 740 g/mol. The molecule has 9 aromatic rings. The topological polar surface area (TPSA) is 41.9 Å². The van der Waals surface area contributed by atoms with Gasteiger partial charge in [0.1, 0.15) is 0 Å². The molecule has 5 heteroatoms. The van der Waals surface area contributed by atoms with Crippen molar-refractivity contribution in [3.05, 3.63) is 199 Å². The number of benzene rings is 8. The fourth-order valence-corrected chi connectivity index (χ4v) is 8.86. The molecule has 0 spiro atoms. The van der Waals surface area contributed by atoms with E-state index < -0.39 is 0 Å². The number of fused-ring (bicyclic) bond motifs is 5. The van der Waals surface area contributed by atoms with Crippen molar-refractivity contribution in [3.63, 3.8) is 0 Å². The zero-order valence-corrected chi connectivity index (χ0v) is 32.3. The molecular weight excluding hydrogens is 703 g/mol. The van der Waals surface area contributed by atoms with E-state index in [1.165, 1.54) is 44.3 Å². The van der Waals surface area contributed by atoms with Crippen LogP contribution in [0.2, 0.25) is 0 Å². The van der Waals surface area contributed by atoms with E-state index in [1.807, 2.05) is 12.1 Å². The number of aromatic nitrogens is 3. The summed E-state index contributed by atoms with van der Waals surface area (Å²) >= 11 is 0. The summed E-state index contributed by atoms with van der Waals surface area (Å²) in [6.45, 7) is 4.46. The van der Waals surface area contributed by atoms with Crippen molar-refractivity contribution in [2.45, 2.75) is 13.8 Å². The van der Waals surface area contributed by atoms with Crippen LogP contribution >= 0.6 is 0 Å². The summed E-state index contributed by atoms with van der Waals surface area (Å²) in [5, 5.41) is 0. The minimum Gasteiger partial charge on any atom is -0.311 e. The highest BCUT2D eigenvalue weighted by Gasteiger charge is 2.42. The molecule has 0 fully saturated rings. The van der Waals surface area contributed by atoms with Gasteiger partial charge in [-0.1, -0.05) is 162 Å². The highest BCUT2D eigenvalue weighted by atomic mass is 15.2. The molecule has 272 valence electrons. The lowest BCUT2D eigenvalue weighted by molar-refractivity contribution is 1.07. The quantitative estimate of drug-likeness (QED) is 0.159. The van der Waals surface area contributed by atoms with Crippen LogP contribution in [-0.2, 0) is 0 Å². The minimum absolute atomic E-state index is 0.123. The molecule has 1 aromatic heterocycles. The first-order valence-corrected chi connectivity index (χ1v) is 19.9. The summed E-state index contributed by atoms with van der Waals surface area (Å²) in [4.78, 5) is 18.3.